The van der Waals surface area contributed by atoms with Gasteiger partial charge in [-0.3, -0.25) is 5.10 Å². The van der Waals surface area contributed by atoms with Crippen LogP contribution in [-0.4, -0.2) is 34.8 Å². The van der Waals surface area contributed by atoms with Gasteiger partial charge >= 0.3 is 0 Å². The molecule has 0 aliphatic carbocycles. The molecule has 1 aromatic heterocycles. The van der Waals surface area contributed by atoms with Crippen molar-refractivity contribution in [3.8, 4) is 17.1 Å². The highest BCUT2D eigenvalue weighted by Gasteiger charge is 2.03. The zero-order valence-electron chi connectivity index (χ0n) is 16.0. The second kappa shape index (κ2) is 11.3. The van der Waals surface area contributed by atoms with Gasteiger partial charge in [-0.05, 0) is 36.2 Å². The number of hydrogen-bond donors (Lipinski definition) is 3. The van der Waals surface area contributed by atoms with Crippen molar-refractivity contribution >= 4 is 29.9 Å². The monoisotopic (exact) mass is 492 g/mol. The van der Waals surface area contributed by atoms with E-state index >= 15 is 0 Å². The highest BCUT2D eigenvalue weighted by molar-refractivity contribution is 14.0. The third-order valence-electron chi connectivity index (χ3n) is 3.97. The lowest BCUT2D eigenvalue weighted by Crippen LogP contribution is -2.36. The van der Waals surface area contributed by atoms with Gasteiger partial charge in [-0.25, -0.2) is 9.98 Å². The zero-order chi connectivity index (χ0) is 18.9. The standard InChI is InChI=1S/C20H24N6O.HI/c1-3-21-20(23-13-16-7-5-9-18(11-16)27-2)22-12-15-6-4-8-17(10-15)19-24-14-25-26-19;/h4-11,14H,3,12-13H2,1-2H3,(H2,21,22,23)(H,24,25,26);1H. The molecule has 0 bridgehead atoms. The van der Waals surface area contributed by atoms with Crippen molar-refractivity contribution < 1.29 is 4.74 Å². The van der Waals surface area contributed by atoms with Crippen LogP contribution in [0.25, 0.3) is 11.4 Å². The molecule has 0 aliphatic heterocycles. The summed E-state index contributed by atoms with van der Waals surface area (Å²) >= 11 is 0. The van der Waals surface area contributed by atoms with E-state index in [1.54, 1.807) is 7.11 Å². The molecule has 0 saturated carbocycles. The van der Waals surface area contributed by atoms with Gasteiger partial charge in [0.15, 0.2) is 11.8 Å². The molecule has 8 heteroatoms. The minimum Gasteiger partial charge on any atom is -0.497 e. The molecular weight excluding hydrogens is 467 g/mol. The fourth-order valence-electron chi connectivity index (χ4n) is 2.64. The number of aliphatic imine (C=N–C) groups is 1. The van der Waals surface area contributed by atoms with Crippen molar-refractivity contribution in [1.29, 1.82) is 0 Å². The van der Waals surface area contributed by atoms with Crippen molar-refractivity contribution in [2.45, 2.75) is 20.0 Å². The molecule has 0 fully saturated rings. The smallest absolute Gasteiger partial charge is 0.191 e. The van der Waals surface area contributed by atoms with Gasteiger partial charge in [-0.2, -0.15) is 5.10 Å². The summed E-state index contributed by atoms with van der Waals surface area (Å²) in [5.41, 5.74) is 3.23. The van der Waals surface area contributed by atoms with Crippen LogP contribution >= 0.6 is 24.0 Å². The maximum absolute atomic E-state index is 5.27. The van der Waals surface area contributed by atoms with Crippen LogP contribution in [0.5, 0.6) is 5.75 Å². The van der Waals surface area contributed by atoms with E-state index in [9.17, 15) is 0 Å². The van der Waals surface area contributed by atoms with E-state index in [1.807, 2.05) is 37.3 Å². The van der Waals surface area contributed by atoms with Crippen molar-refractivity contribution in [2.75, 3.05) is 13.7 Å². The predicted octanol–water partition coefficient (Wildman–Crippen LogP) is 3.35. The highest BCUT2D eigenvalue weighted by atomic mass is 127. The van der Waals surface area contributed by atoms with Crippen LogP contribution in [0.1, 0.15) is 18.1 Å². The van der Waals surface area contributed by atoms with Gasteiger partial charge in [-0.1, -0.05) is 30.3 Å². The SMILES string of the molecule is CCNC(=NCc1cccc(-c2ncn[nH]2)c1)NCc1cccc(OC)c1.I. The van der Waals surface area contributed by atoms with E-state index in [1.165, 1.54) is 6.33 Å². The molecule has 3 aromatic rings. The van der Waals surface area contributed by atoms with Crippen LogP contribution in [-0.2, 0) is 13.1 Å². The molecule has 1 heterocycles. The molecule has 7 nitrogen and oxygen atoms in total. The Kier molecular flexibility index (Phi) is 8.73. The Bertz CT molecular complexity index is 882. The fourth-order valence-corrected chi connectivity index (χ4v) is 2.64. The van der Waals surface area contributed by atoms with E-state index in [0.717, 1.165) is 40.8 Å². The Morgan fingerprint density at radius 1 is 1.11 bits per heavy atom. The first-order valence-corrected chi connectivity index (χ1v) is 8.88. The normalized spacial score (nSPS) is 10.9. The Hall–Kier alpha value is -2.62. The Morgan fingerprint density at radius 3 is 2.68 bits per heavy atom. The van der Waals surface area contributed by atoms with E-state index in [-0.39, 0.29) is 24.0 Å². The number of rotatable bonds is 7. The summed E-state index contributed by atoms with van der Waals surface area (Å²) in [6.07, 6.45) is 1.51. The summed E-state index contributed by atoms with van der Waals surface area (Å²) < 4.78 is 5.27. The largest absolute Gasteiger partial charge is 0.497 e. The highest BCUT2D eigenvalue weighted by Crippen LogP contribution is 2.16. The minimum atomic E-state index is 0. The number of halogens is 1. The van der Waals surface area contributed by atoms with Gasteiger partial charge in [0, 0.05) is 18.7 Å². The molecular formula is C20H25IN6O. The average molecular weight is 492 g/mol. The van der Waals surface area contributed by atoms with E-state index in [0.29, 0.717) is 13.1 Å². The first-order valence-electron chi connectivity index (χ1n) is 8.88. The lowest BCUT2D eigenvalue weighted by atomic mass is 10.1. The molecule has 148 valence electrons. The molecule has 0 atom stereocenters. The minimum absolute atomic E-state index is 0. The maximum atomic E-state index is 5.27. The molecule has 3 rings (SSSR count). The molecule has 0 unspecified atom stereocenters. The van der Waals surface area contributed by atoms with Gasteiger partial charge < -0.3 is 15.4 Å². The first kappa shape index (κ1) is 21.7. The quantitative estimate of drug-likeness (QED) is 0.268. The average Bonchev–Trinajstić information content (AvgIpc) is 3.25. The van der Waals surface area contributed by atoms with Gasteiger partial charge in [0.25, 0.3) is 0 Å². The number of guanidine groups is 1. The summed E-state index contributed by atoms with van der Waals surface area (Å²) in [6.45, 7) is 4.08. The van der Waals surface area contributed by atoms with Gasteiger partial charge in [0.05, 0.1) is 13.7 Å². The van der Waals surface area contributed by atoms with E-state index < -0.39 is 0 Å². The van der Waals surface area contributed by atoms with Crippen LogP contribution in [0.15, 0.2) is 59.9 Å². The molecule has 0 saturated heterocycles. The Balaban J connectivity index is 0.00000280. The maximum Gasteiger partial charge on any atom is 0.191 e. The van der Waals surface area contributed by atoms with Crippen molar-refractivity contribution in [3.05, 3.63) is 66.0 Å². The molecule has 0 radical (unpaired) electrons. The van der Waals surface area contributed by atoms with Crippen molar-refractivity contribution in [1.82, 2.24) is 25.8 Å². The topological polar surface area (TPSA) is 87.2 Å². The third kappa shape index (κ3) is 6.22. The molecule has 0 spiro atoms. The van der Waals surface area contributed by atoms with Gasteiger partial charge in [-0.15, -0.1) is 24.0 Å². The summed E-state index contributed by atoms with van der Waals surface area (Å²) in [5.74, 6) is 2.37. The second-order valence-corrected chi connectivity index (χ2v) is 5.93. The van der Waals surface area contributed by atoms with Gasteiger partial charge in [0.1, 0.15) is 12.1 Å². The third-order valence-corrected chi connectivity index (χ3v) is 3.97. The summed E-state index contributed by atoms with van der Waals surface area (Å²) in [5, 5.41) is 13.4. The Morgan fingerprint density at radius 2 is 1.93 bits per heavy atom. The second-order valence-electron chi connectivity index (χ2n) is 5.93. The molecule has 28 heavy (non-hydrogen) atoms. The van der Waals surface area contributed by atoms with Gasteiger partial charge in [0.2, 0.25) is 0 Å². The zero-order valence-corrected chi connectivity index (χ0v) is 18.3. The number of nitrogens with zero attached hydrogens (tertiary/aromatic N) is 3. The lowest BCUT2D eigenvalue weighted by Gasteiger charge is -2.12. The number of nitrogens with one attached hydrogen (secondary N) is 3. The van der Waals surface area contributed by atoms with Crippen LogP contribution in [0.3, 0.4) is 0 Å². The van der Waals surface area contributed by atoms with Crippen molar-refractivity contribution in [2.24, 2.45) is 4.99 Å². The number of ether oxygens (including phenoxy) is 1. The molecule has 0 amide bonds. The fraction of sp³-hybridized carbons (Fsp3) is 0.250. The molecule has 3 N–H and O–H groups in total. The van der Waals surface area contributed by atoms with Crippen LogP contribution < -0.4 is 15.4 Å². The van der Waals surface area contributed by atoms with Crippen LogP contribution in [0, 0.1) is 0 Å². The van der Waals surface area contributed by atoms with Crippen LogP contribution in [0.4, 0.5) is 0 Å². The first-order chi connectivity index (χ1) is 13.3. The number of hydrogen-bond acceptors (Lipinski definition) is 4. The summed E-state index contributed by atoms with van der Waals surface area (Å²) in [6, 6.07) is 16.1. The molecule has 2 aromatic carbocycles. The van der Waals surface area contributed by atoms with E-state index in [2.05, 4.69) is 49.0 Å². The number of methoxy groups -OCH3 is 1. The van der Waals surface area contributed by atoms with Crippen LogP contribution in [0.2, 0.25) is 0 Å². The van der Waals surface area contributed by atoms with Crippen molar-refractivity contribution in [3.63, 3.8) is 0 Å². The number of benzene rings is 2. The lowest BCUT2D eigenvalue weighted by molar-refractivity contribution is 0.414. The molecule has 0 aliphatic rings. The number of H-pyrrole nitrogens is 1. The summed E-state index contributed by atoms with van der Waals surface area (Å²) in [7, 11) is 1.67. The predicted molar refractivity (Wildman–Crippen MR) is 122 cm³/mol. The van der Waals surface area contributed by atoms with E-state index in [4.69, 9.17) is 4.74 Å². The number of aromatic nitrogens is 3. The Labute approximate surface area is 182 Å². The number of aromatic amines is 1. The summed E-state index contributed by atoms with van der Waals surface area (Å²) in [4.78, 5) is 8.87.